The van der Waals surface area contributed by atoms with E-state index in [0.717, 1.165) is 24.9 Å². The van der Waals surface area contributed by atoms with E-state index in [-0.39, 0.29) is 28.5 Å². The molecular formula is C17H37N2W-. The molecule has 2 aliphatic heterocycles. The summed E-state index contributed by atoms with van der Waals surface area (Å²) in [5.74, 6) is 1.78. The molecule has 0 bridgehead atoms. The number of hydrogen-bond donors (Lipinski definition) is 0. The summed E-state index contributed by atoms with van der Waals surface area (Å²) in [4.78, 5) is 2.37. The molecule has 2 rings (SSSR count). The molecule has 0 spiro atoms. The van der Waals surface area contributed by atoms with Crippen molar-refractivity contribution in [3.05, 3.63) is 5.32 Å². The molecule has 2 fully saturated rings. The molecule has 0 aromatic heterocycles. The van der Waals surface area contributed by atoms with Crippen molar-refractivity contribution in [2.45, 2.75) is 55.4 Å². The van der Waals surface area contributed by atoms with Crippen LogP contribution in [0.3, 0.4) is 0 Å². The van der Waals surface area contributed by atoms with E-state index >= 15 is 0 Å². The fraction of sp³-hybridized carbons (Fsp3) is 1.00. The molecule has 3 heteroatoms. The van der Waals surface area contributed by atoms with Gasteiger partial charge in [-0.2, -0.15) is 0 Å². The summed E-state index contributed by atoms with van der Waals surface area (Å²) in [6.45, 7) is 18.7. The monoisotopic (exact) mass is 453 g/mol. The molecule has 0 N–H and O–H groups in total. The molecule has 0 amide bonds. The summed E-state index contributed by atoms with van der Waals surface area (Å²) in [5, 5.41) is 4.33. The third-order valence-electron chi connectivity index (χ3n) is 4.50. The van der Waals surface area contributed by atoms with E-state index in [1.807, 2.05) is 0 Å². The SMILES string of the molecule is C.CC(C)(C)C1CC[N-]C1.CN1CC(C(C)(C)C)C1.[W]. The molecule has 20 heavy (non-hydrogen) atoms. The van der Waals surface area contributed by atoms with Gasteiger partial charge in [0.25, 0.3) is 0 Å². The van der Waals surface area contributed by atoms with Gasteiger partial charge in [-0.3, -0.25) is 0 Å². The van der Waals surface area contributed by atoms with E-state index < -0.39 is 0 Å². The smallest absolute Gasteiger partial charge is 0.00240 e. The van der Waals surface area contributed by atoms with Gasteiger partial charge in [0, 0.05) is 34.2 Å². The zero-order chi connectivity index (χ0) is 14.0. The third-order valence-corrected chi connectivity index (χ3v) is 4.50. The average Bonchev–Trinajstić information content (AvgIpc) is 2.64. The Balaban J connectivity index is 0. The molecule has 122 valence electrons. The zero-order valence-corrected chi connectivity index (χ0v) is 16.9. The molecule has 2 saturated heterocycles. The maximum Gasteiger partial charge on any atom is 0.00240 e. The molecule has 0 aromatic rings. The summed E-state index contributed by atoms with van der Waals surface area (Å²) in [6, 6.07) is 0. The summed E-state index contributed by atoms with van der Waals surface area (Å²) in [6.07, 6.45) is 1.31. The second-order valence-corrected chi connectivity index (χ2v) is 8.27. The third kappa shape index (κ3) is 7.57. The van der Waals surface area contributed by atoms with Crippen LogP contribution in [0.1, 0.15) is 55.4 Å². The first-order valence-electron chi connectivity index (χ1n) is 7.42. The Bertz CT molecular complexity index is 241. The average molecular weight is 453 g/mol. The standard InChI is InChI=1S/C8H17N.C8H16N.CH4.W/c1-8(2,3)7-5-9(4)6-7;1-8(2,3)7-4-5-9-6-7;;/h7H,5-6H2,1-4H3;7H,4-6H2,1-3H3;1H4;/q;-1;;. The van der Waals surface area contributed by atoms with Crippen molar-refractivity contribution < 1.29 is 21.1 Å². The van der Waals surface area contributed by atoms with Gasteiger partial charge in [0.2, 0.25) is 0 Å². The van der Waals surface area contributed by atoms with Gasteiger partial charge in [0.15, 0.2) is 0 Å². The summed E-state index contributed by atoms with van der Waals surface area (Å²) in [5.41, 5.74) is 1.02. The van der Waals surface area contributed by atoms with Gasteiger partial charge < -0.3 is 10.2 Å². The van der Waals surface area contributed by atoms with Crippen LogP contribution in [0.2, 0.25) is 0 Å². The van der Waals surface area contributed by atoms with E-state index in [1.165, 1.54) is 19.5 Å². The summed E-state index contributed by atoms with van der Waals surface area (Å²) < 4.78 is 0. The van der Waals surface area contributed by atoms with Crippen molar-refractivity contribution in [3.8, 4) is 0 Å². The van der Waals surface area contributed by atoms with Gasteiger partial charge in [-0.05, 0) is 23.8 Å². The van der Waals surface area contributed by atoms with Crippen molar-refractivity contribution in [1.82, 2.24) is 4.90 Å². The predicted octanol–water partition coefficient (Wildman–Crippen LogP) is 4.65. The van der Waals surface area contributed by atoms with Crippen molar-refractivity contribution in [2.75, 3.05) is 33.2 Å². The van der Waals surface area contributed by atoms with Crippen LogP contribution in [0.4, 0.5) is 0 Å². The molecule has 0 saturated carbocycles. The number of nitrogens with zero attached hydrogens (tertiary/aromatic N) is 2. The van der Waals surface area contributed by atoms with Gasteiger partial charge >= 0.3 is 0 Å². The van der Waals surface area contributed by atoms with E-state index in [9.17, 15) is 0 Å². The number of likely N-dealkylation sites (tertiary alicyclic amines) is 1. The molecule has 2 nitrogen and oxygen atoms in total. The van der Waals surface area contributed by atoms with Gasteiger partial charge in [0.1, 0.15) is 0 Å². The number of rotatable bonds is 0. The fourth-order valence-electron chi connectivity index (χ4n) is 2.54. The molecule has 0 aliphatic carbocycles. The molecule has 0 radical (unpaired) electrons. The van der Waals surface area contributed by atoms with Gasteiger partial charge in [-0.1, -0.05) is 61.3 Å². The Kier molecular flexibility index (Phi) is 10.2. The predicted molar refractivity (Wildman–Crippen MR) is 87.8 cm³/mol. The first kappa shape index (κ1) is 22.9. The van der Waals surface area contributed by atoms with Gasteiger partial charge in [-0.15, -0.1) is 13.1 Å². The van der Waals surface area contributed by atoms with Crippen molar-refractivity contribution >= 4 is 0 Å². The Morgan fingerprint density at radius 2 is 1.35 bits per heavy atom. The Hall–Kier alpha value is 0.608. The summed E-state index contributed by atoms with van der Waals surface area (Å²) >= 11 is 0. The normalized spacial score (nSPS) is 23.9. The van der Waals surface area contributed by atoms with Crippen LogP contribution in [0.25, 0.3) is 5.32 Å². The van der Waals surface area contributed by atoms with E-state index in [0.29, 0.717) is 10.8 Å². The van der Waals surface area contributed by atoms with E-state index in [1.54, 1.807) is 0 Å². The molecule has 2 heterocycles. The van der Waals surface area contributed by atoms with Crippen molar-refractivity contribution in [1.29, 1.82) is 0 Å². The van der Waals surface area contributed by atoms with Crippen LogP contribution in [0.15, 0.2) is 0 Å². The minimum atomic E-state index is 0. The minimum Gasteiger partial charge on any atom is -0.662 e. The Labute approximate surface area is 142 Å². The largest absolute Gasteiger partial charge is 0.662 e. The van der Waals surface area contributed by atoms with Crippen LogP contribution in [-0.4, -0.2) is 38.1 Å². The maximum atomic E-state index is 4.33. The van der Waals surface area contributed by atoms with Crippen molar-refractivity contribution in [2.24, 2.45) is 22.7 Å². The second kappa shape index (κ2) is 8.91. The summed E-state index contributed by atoms with van der Waals surface area (Å²) in [7, 11) is 2.18. The number of hydrogen-bond acceptors (Lipinski definition) is 1. The van der Waals surface area contributed by atoms with Gasteiger partial charge in [-0.25, -0.2) is 0 Å². The van der Waals surface area contributed by atoms with E-state index in [2.05, 4.69) is 58.8 Å². The Morgan fingerprint density at radius 3 is 1.50 bits per heavy atom. The first-order chi connectivity index (χ1) is 8.10. The quantitative estimate of drug-likeness (QED) is 0.522. The maximum absolute atomic E-state index is 4.33. The topological polar surface area (TPSA) is 17.3 Å². The van der Waals surface area contributed by atoms with E-state index in [4.69, 9.17) is 0 Å². The van der Waals surface area contributed by atoms with Crippen LogP contribution in [0, 0.1) is 22.7 Å². The van der Waals surface area contributed by atoms with Crippen molar-refractivity contribution in [3.63, 3.8) is 0 Å². The fourth-order valence-corrected chi connectivity index (χ4v) is 2.54. The van der Waals surface area contributed by atoms with Crippen LogP contribution in [0.5, 0.6) is 0 Å². The Morgan fingerprint density at radius 1 is 0.900 bits per heavy atom. The minimum absolute atomic E-state index is 0. The zero-order valence-electron chi connectivity index (χ0n) is 14.0. The second-order valence-electron chi connectivity index (χ2n) is 8.27. The van der Waals surface area contributed by atoms with Crippen LogP contribution in [-0.2, 0) is 21.1 Å². The molecule has 2 aliphatic rings. The molecule has 0 aromatic carbocycles. The molecular weight excluding hydrogens is 416 g/mol. The van der Waals surface area contributed by atoms with Crippen LogP contribution >= 0.6 is 0 Å². The first-order valence-corrected chi connectivity index (χ1v) is 7.42. The molecule has 1 unspecified atom stereocenters. The van der Waals surface area contributed by atoms with Gasteiger partial charge in [0.05, 0.1) is 0 Å². The molecule has 1 atom stereocenters. The van der Waals surface area contributed by atoms with Crippen LogP contribution < -0.4 is 0 Å².